The quantitative estimate of drug-likeness (QED) is 0.780. The molecule has 1 aromatic rings. The highest BCUT2D eigenvalue weighted by Gasteiger charge is 2.26. The van der Waals surface area contributed by atoms with Crippen molar-refractivity contribution in [2.45, 2.75) is 52.0 Å². The van der Waals surface area contributed by atoms with E-state index in [9.17, 15) is 0 Å². The van der Waals surface area contributed by atoms with Gasteiger partial charge in [-0.25, -0.2) is 0 Å². The topological polar surface area (TPSA) is 12.0 Å². The van der Waals surface area contributed by atoms with Gasteiger partial charge in [-0.15, -0.1) is 0 Å². The van der Waals surface area contributed by atoms with Gasteiger partial charge in [0.05, 0.1) is 0 Å². The first-order valence-electron chi connectivity index (χ1n) is 7.69. The molecule has 1 aliphatic rings. The molecule has 0 aliphatic heterocycles. The third-order valence-corrected chi connectivity index (χ3v) is 4.63. The molecule has 0 heterocycles. The second-order valence-electron chi connectivity index (χ2n) is 6.00. The van der Waals surface area contributed by atoms with Gasteiger partial charge in [0, 0.05) is 11.1 Å². The molecule has 1 atom stereocenters. The highest BCUT2D eigenvalue weighted by atomic mass is 35.5. The Bertz CT molecular complexity index is 365. The molecule has 2 heteroatoms. The number of rotatable bonds is 5. The van der Waals surface area contributed by atoms with Crippen LogP contribution in [0.25, 0.3) is 0 Å². The average Bonchev–Trinajstić information content (AvgIpc) is 2.43. The molecule has 1 unspecified atom stereocenters. The summed E-state index contributed by atoms with van der Waals surface area (Å²) in [6, 6.07) is 8.91. The molecular weight excluding hydrogens is 254 g/mol. The van der Waals surface area contributed by atoms with Crippen LogP contribution in [0.3, 0.4) is 0 Å². The SMILES string of the molecule is CCCNC(c1ccc(Cl)cc1)C1CCC(C)CC1. The van der Waals surface area contributed by atoms with Crippen LogP contribution in [0.4, 0.5) is 0 Å². The van der Waals surface area contributed by atoms with E-state index in [2.05, 4.69) is 31.3 Å². The summed E-state index contributed by atoms with van der Waals surface area (Å²) in [6.45, 7) is 5.71. The van der Waals surface area contributed by atoms with Crippen LogP contribution < -0.4 is 5.32 Å². The molecule has 1 fully saturated rings. The summed E-state index contributed by atoms with van der Waals surface area (Å²) < 4.78 is 0. The Balaban J connectivity index is 2.08. The van der Waals surface area contributed by atoms with Gasteiger partial charge in [-0.1, -0.05) is 50.4 Å². The van der Waals surface area contributed by atoms with E-state index in [0.29, 0.717) is 6.04 Å². The van der Waals surface area contributed by atoms with Crippen molar-refractivity contribution in [3.05, 3.63) is 34.9 Å². The maximum Gasteiger partial charge on any atom is 0.0406 e. The second kappa shape index (κ2) is 7.31. The van der Waals surface area contributed by atoms with E-state index in [1.54, 1.807) is 0 Å². The monoisotopic (exact) mass is 279 g/mol. The molecular formula is C17H26ClN. The van der Waals surface area contributed by atoms with Gasteiger partial charge in [-0.05, 0) is 55.3 Å². The van der Waals surface area contributed by atoms with Gasteiger partial charge in [0.1, 0.15) is 0 Å². The lowest BCUT2D eigenvalue weighted by atomic mass is 9.77. The summed E-state index contributed by atoms with van der Waals surface area (Å²) >= 11 is 6.01. The molecule has 0 radical (unpaired) electrons. The van der Waals surface area contributed by atoms with E-state index < -0.39 is 0 Å². The Hall–Kier alpha value is -0.530. The molecule has 1 nitrogen and oxygen atoms in total. The third-order valence-electron chi connectivity index (χ3n) is 4.38. The van der Waals surface area contributed by atoms with E-state index in [1.165, 1.54) is 37.7 Å². The van der Waals surface area contributed by atoms with Crippen LogP contribution in [-0.4, -0.2) is 6.54 Å². The lowest BCUT2D eigenvalue weighted by Crippen LogP contribution is -2.31. The van der Waals surface area contributed by atoms with Crippen LogP contribution in [-0.2, 0) is 0 Å². The van der Waals surface area contributed by atoms with Crippen molar-refractivity contribution in [2.24, 2.45) is 11.8 Å². The van der Waals surface area contributed by atoms with Gasteiger partial charge in [0.15, 0.2) is 0 Å². The number of halogens is 1. The normalized spacial score (nSPS) is 25.2. The lowest BCUT2D eigenvalue weighted by Gasteiger charge is -2.33. The Morgan fingerprint density at radius 1 is 1.16 bits per heavy atom. The zero-order valence-corrected chi connectivity index (χ0v) is 12.9. The van der Waals surface area contributed by atoms with Crippen molar-refractivity contribution in [1.82, 2.24) is 5.32 Å². The van der Waals surface area contributed by atoms with Crippen LogP contribution in [0.1, 0.15) is 57.6 Å². The summed E-state index contributed by atoms with van der Waals surface area (Å²) in [5, 5.41) is 4.58. The molecule has 0 spiro atoms. The van der Waals surface area contributed by atoms with Crippen LogP contribution in [0.15, 0.2) is 24.3 Å². The molecule has 19 heavy (non-hydrogen) atoms. The fraction of sp³-hybridized carbons (Fsp3) is 0.647. The summed E-state index contributed by atoms with van der Waals surface area (Å²) in [6.07, 6.45) is 6.65. The van der Waals surface area contributed by atoms with Gasteiger partial charge < -0.3 is 5.32 Å². The van der Waals surface area contributed by atoms with E-state index >= 15 is 0 Å². The molecule has 0 bridgehead atoms. The van der Waals surface area contributed by atoms with Crippen LogP contribution >= 0.6 is 11.6 Å². The standard InChI is InChI=1S/C17H26ClN/c1-3-12-19-17(14-6-4-13(2)5-7-14)15-8-10-16(18)11-9-15/h8-11,13-14,17,19H,3-7,12H2,1-2H3. The van der Waals surface area contributed by atoms with Crippen molar-refractivity contribution in [3.63, 3.8) is 0 Å². The van der Waals surface area contributed by atoms with E-state index in [-0.39, 0.29) is 0 Å². The fourth-order valence-electron chi connectivity index (χ4n) is 3.15. The van der Waals surface area contributed by atoms with Gasteiger partial charge >= 0.3 is 0 Å². The maximum absolute atomic E-state index is 6.01. The largest absolute Gasteiger partial charge is 0.310 e. The molecule has 106 valence electrons. The van der Waals surface area contributed by atoms with Gasteiger partial charge in [0.25, 0.3) is 0 Å². The molecule has 1 aromatic carbocycles. The minimum atomic E-state index is 0.504. The smallest absolute Gasteiger partial charge is 0.0406 e. The van der Waals surface area contributed by atoms with Crippen molar-refractivity contribution in [2.75, 3.05) is 6.54 Å². The van der Waals surface area contributed by atoms with Gasteiger partial charge in [0.2, 0.25) is 0 Å². The summed E-state index contributed by atoms with van der Waals surface area (Å²) in [5.74, 6) is 1.69. The molecule has 1 saturated carbocycles. The molecule has 0 amide bonds. The van der Waals surface area contributed by atoms with E-state index in [4.69, 9.17) is 11.6 Å². The van der Waals surface area contributed by atoms with Crippen LogP contribution in [0.5, 0.6) is 0 Å². The molecule has 1 aliphatic carbocycles. The molecule has 2 rings (SSSR count). The van der Waals surface area contributed by atoms with Crippen molar-refractivity contribution in [1.29, 1.82) is 0 Å². The third kappa shape index (κ3) is 4.22. The number of nitrogens with one attached hydrogen (secondary N) is 1. The predicted molar refractivity (Wildman–Crippen MR) is 83.6 cm³/mol. The highest BCUT2D eigenvalue weighted by Crippen LogP contribution is 2.37. The minimum absolute atomic E-state index is 0.504. The highest BCUT2D eigenvalue weighted by molar-refractivity contribution is 6.30. The lowest BCUT2D eigenvalue weighted by molar-refractivity contribution is 0.231. The summed E-state index contributed by atoms with van der Waals surface area (Å²) in [4.78, 5) is 0. The first kappa shape index (κ1) is 14.9. The first-order chi connectivity index (χ1) is 9.20. The molecule has 1 N–H and O–H groups in total. The first-order valence-corrected chi connectivity index (χ1v) is 8.07. The molecule has 0 aromatic heterocycles. The summed E-state index contributed by atoms with van der Waals surface area (Å²) in [7, 11) is 0. The van der Waals surface area contributed by atoms with Crippen LogP contribution in [0, 0.1) is 11.8 Å². The number of hydrogen-bond donors (Lipinski definition) is 1. The fourth-order valence-corrected chi connectivity index (χ4v) is 3.27. The van der Waals surface area contributed by atoms with Gasteiger partial charge in [-0.3, -0.25) is 0 Å². The Morgan fingerprint density at radius 2 is 1.79 bits per heavy atom. The molecule has 0 saturated heterocycles. The van der Waals surface area contributed by atoms with Crippen LogP contribution in [0.2, 0.25) is 5.02 Å². The number of hydrogen-bond acceptors (Lipinski definition) is 1. The predicted octanol–water partition coefficient (Wildman–Crippen LogP) is 5.21. The number of benzene rings is 1. The van der Waals surface area contributed by atoms with Crippen molar-refractivity contribution in [3.8, 4) is 0 Å². The van der Waals surface area contributed by atoms with E-state index in [1.807, 2.05) is 12.1 Å². The average molecular weight is 280 g/mol. The Kier molecular flexibility index (Phi) is 5.72. The maximum atomic E-state index is 6.01. The van der Waals surface area contributed by atoms with Crippen molar-refractivity contribution >= 4 is 11.6 Å². The summed E-state index contributed by atoms with van der Waals surface area (Å²) in [5.41, 5.74) is 1.40. The van der Waals surface area contributed by atoms with Crippen molar-refractivity contribution < 1.29 is 0 Å². The zero-order chi connectivity index (χ0) is 13.7. The van der Waals surface area contributed by atoms with E-state index in [0.717, 1.165) is 23.4 Å². The zero-order valence-electron chi connectivity index (χ0n) is 12.2. The Labute approximate surface area is 122 Å². The minimum Gasteiger partial charge on any atom is -0.310 e. The Morgan fingerprint density at radius 3 is 2.37 bits per heavy atom. The van der Waals surface area contributed by atoms with Gasteiger partial charge in [-0.2, -0.15) is 0 Å². The second-order valence-corrected chi connectivity index (χ2v) is 6.44.